The van der Waals surface area contributed by atoms with Crippen molar-refractivity contribution in [2.75, 3.05) is 5.32 Å². The fourth-order valence-corrected chi connectivity index (χ4v) is 3.88. The molecule has 32 heavy (non-hydrogen) atoms. The lowest BCUT2D eigenvalue weighted by atomic mass is 10.1. The Morgan fingerprint density at radius 2 is 1.72 bits per heavy atom. The van der Waals surface area contributed by atoms with Crippen LogP contribution >= 0.6 is 11.6 Å². The monoisotopic (exact) mass is 443 g/mol. The Morgan fingerprint density at radius 3 is 2.53 bits per heavy atom. The van der Waals surface area contributed by atoms with E-state index in [0.717, 1.165) is 22.1 Å². The number of carbonyl (C=O) groups is 2. The summed E-state index contributed by atoms with van der Waals surface area (Å²) >= 11 is 5.95. The van der Waals surface area contributed by atoms with Crippen LogP contribution in [0.2, 0.25) is 5.02 Å². The minimum atomic E-state index is -0.336. The standard InChI is InChI=1S/C26H18ClNO4/c1-15-6-11-21-20(12-15)17(14-31-21)13-23(29)28-24-19-4-2-3-5-22(19)32-26(24)25(30)16-7-9-18(27)10-8-16/h2-12,14H,13H2,1H3,(H,28,29). The number of rotatable bonds is 5. The van der Waals surface area contributed by atoms with Crippen LogP contribution in [0, 0.1) is 6.92 Å². The van der Waals surface area contributed by atoms with Gasteiger partial charge in [-0.05, 0) is 55.5 Å². The number of furan rings is 2. The third kappa shape index (κ3) is 3.67. The smallest absolute Gasteiger partial charge is 0.230 e. The zero-order chi connectivity index (χ0) is 22.2. The summed E-state index contributed by atoms with van der Waals surface area (Å²) < 4.78 is 11.4. The molecule has 0 unspecified atom stereocenters. The number of ketones is 1. The predicted octanol–water partition coefficient (Wildman–Crippen LogP) is 6.55. The van der Waals surface area contributed by atoms with Crippen LogP contribution in [0.5, 0.6) is 0 Å². The van der Waals surface area contributed by atoms with Gasteiger partial charge in [-0.25, -0.2) is 0 Å². The first kappa shape index (κ1) is 20.1. The van der Waals surface area contributed by atoms with Gasteiger partial charge in [-0.2, -0.15) is 0 Å². The second-order valence-electron chi connectivity index (χ2n) is 7.62. The molecule has 0 bridgehead atoms. The molecule has 5 nitrogen and oxygen atoms in total. The number of anilines is 1. The van der Waals surface area contributed by atoms with Crippen LogP contribution in [-0.2, 0) is 11.2 Å². The fraction of sp³-hybridized carbons (Fsp3) is 0.0769. The molecule has 0 fully saturated rings. The molecular formula is C26H18ClNO4. The summed E-state index contributed by atoms with van der Waals surface area (Å²) in [5.74, 6) is -0.529. The molecule has 1 N–H and O–H groups in total. The van der Waals surface area contributed by atoms with Gasteiger partial charge in [0.25, 0.3) is 0 Å². The number of hydrogen-bond donors (Lipinski definition) is 1. The van der Waals surface area contributed by atoms with Crippen LogP contribution in [0.3, 0.4) is 0 Å². The van der Waals surface area contributed by atoms with E-state index in [0.29, 0.717) is 27.2 Å². The van der Waals surface area contributed by atoms with Crippen LogP contribution < -0.4 is 5.32 Å². The zero-order valence-corrected chi connectivity index (χ0v) is 17.9. The van der Waals surface area contributed by atoms with Gasteiger partial charge in [0.15, 0.2) is 5.76 Å². The van der Waals surface area contributed by atoms with E-state index in [1.54, 1.807) is 36.6 Å². The van der Waals surface area contributed by atoms with Crippen LogP contribution in [0.25, 0.3) is 21.9 Å². The SMILES string of the molecule is Cc1ccc2occ(CC(=O)Nc3c(C(=O)c4ccc(Cl)cc4)oc4ccccc34)c2c1. The highest BCUT2D eigenvalue weighted by Gasteiger charge is 2.24. The van der Waals surface area contributed by atoms with E-state index in [4.69, 9.17) is 20.4 Å². The number of aryl methyl sites for hydroxylation is 1. The minimum absolute atomic E-state index is 0.0785. The molecule has 0 spiro atoms. The molecular weight excluding hydrogens is 426 g/mol. The number of benzene rings is 3. The second-order valence-corrected chi connectivity index (χ2v) is 8.06. The average molecular weight is 444 g/mol. The number of hydrogen-bond acceptors (Lipinski definition) is 4. The largest absolute Gasteiger partial charge is 0.464 e. The van der Waals surface area contributed by atoms with Crippen LogP contribution in [0.4, 0.5) is 5.69 Å². The van der Waals surface area contributed by atoms with Crippen molar-refractivity contribution in [2.24, 2.45) is 0 Å². The maximum Gasteiger partial charge on any atom is 0.230 e. The first-order valence-electron chi connectivity index (χ1n) is 10.1. The molecule has 3 aromatic carbocycles. The number of halogens is 1. The normalized spacial score (nSPS) is 11.2. The Hall–Kier alpha value is -3.83. The summed E-state index contributed by atoms with van der Waals surface area (Å²) in [6.45, 7) is 1.99. The molecule has 158 valence electrons. The molecule has 5 rings (SSSR count). The quantitative estimate of drug-likeness (QED) is 0.312. The van der Waals surface area contributed by atoms with E-state index in [1.165, 1.54) is 0 Å². The van der Waals surface area contributed by atoms with E-state index >= 15 is 0 Å². The molecule has 0 aliphatic heterocycles. The summed E-state index contributed by atoms with van der Waals surface area (Å²) in [5, 5.41) is 4.98. The Morgan fingerprint density at radius 1 is 0.938 bits per heavy atom. The molecule has 2 aromatic heterocycles. The molecule has 0 aliphatic carbocycles. The van der Waals surface area contributed by atoms with Gasteiger partial charge in [-0.15, -0.1) is 0 Å². The van der Waals surface area contributed by atoms with Crippen molar-refractivity contribution < 1.29 is 18.4 Å². The van der Waals surface area contributed by atoms with Crippen molar-refractivity contribution in [3.05, 3.63) is 100 Å². The summed E-state index contributed by atoms with van der Waals surface area (Å²) in [4.78, 5) is 26.1. The predicted molar refractivity (Wildman–Crippen MR) is 124 cm³/mol. The fourth-order valence-electron chi connectivity index (χ4n) is 3.75. The van der Waals surface area contributed by atoms with E-state index in [2.05, 4.69) is 5.32 Å². The van der Waals surface area contributed by atoms with Crippen molar-refractivity contribution in [1.29, 1.82) is 0 Å². The lowest BCUT2D eigenvalue weighted by Crippen LogP contribution is -2.16. The van der Waals surface area contributed by atoms with Crippen molar-refractivity contribution in [3.8, 4) is 0 Å². The lowest BCUT2D eigenvalue weighted by molar-refractivity contribution is -0.115. The number of para-hydroxylation sites is 1. The third-order valence-electron chi connectivity index (χ3n) is 5.33. The molecule has 0 saturated carbocycles. The molecule has 1 amide bonds. The minimum Gasteiger partial charge on any atom is -0.464 e. The van der Waals surface area contributed by atoms with Gasteiger partial charge in [0.05, 0.1) is 18.4 Å². The molecule has 0 aliphatic rings. The van der Waals surface area contributed by atoms with Gasteiger partial charge in [0.2, 0.25) is 11.7 Å². The van der Waals surface area contributed by atoms with Crippen molar-refractivity contribution in [3.63, 3.8) is 0 Å². The van der Waals surface area contributed by atoms with Gasteiger partial charge in [-0.3, -0.25) is 9.59 Å². The maximum atomic E-state index is 13.2. The molecule has 6 heteroatoms. The van der Waals surface area contributed by atoms with Crippen molar-refractivity contribution in [2.45, 2.75) is 13.3 Å². The first-order valence-corrected chi connectivity index (χ1v) is 10.5. The molecule has 5 aromatic rings. The zero-order valence-electron chi connectivity index (χ0n) is 17.1. The van der Waals surface area contributed by atoms with Gasteiger partial charge < -0.3 is 14.2 Å². The molecule has 0 radical (unpaired) electrons. The maximum absolute atomic E-state index is 13.2. The van der Waals surface area contributed by atoms with E-state index in [9.17, 15) is 9.59 Å². The Balaban J connectivity index is 1.49. The highest BCUT2D eigenvalue weighted by atomic mass is 35.5. The Bertz CT molecular complexity index is 1480. The van der Waals surface area contributed by atoms with E-state index in [-0.39, 0.29) is 23.9 Å². The number of fused-ring (bicyclic) bond motifs is 2. The Kier molecular flexibility index (Phi) is 5.04. The summed E-state index contributed by atoms with van der Waals surface area (Å²) in [7, 11) is 0. The van der Waals surface area contributed by atoms with Crippen LogP contribution in [0.1, 0.15) is 27.2 Å². The summed E-state index contributed by atoms with van der Waals surface area (Å²) in [6.07, 6.45) is 1.70. The van der Waals surface area contributed by atoms with Gasteiger partial charge in [-0.1, -0.05) is 35.4 Å². The Labute approximate surface area is 188 Å². The third-order valence-corrected chi connectivity index (χ3v) is 5.58. The molecule has 0 atom stereocenters. The van der Waals surface area contributed by atoms with Crippen molar-refractivity contribution >= 4 is 50.9 Å². The van der Waals surface area contributed by atoms with Crippen LogP contribution in [-0.4, -0.2) is 11.7 Å². The highest BCUT2D eigenvalue weighted by molar-refractivity contribution is 6.30. The highest BCUT2D eigenvalue weighted by Crippen LogP contribution is 2.33. The first-order chi connectivity index (χ1) is 15.5. The molecule has 2 heterocycles. The lowest BCUT2D eigenvalue weighted by Gasteiger charge is -2.06. The van der Waals surface area contributed by atoms with Gasteiger partial charge in [0, 0.05) is 26.9 Å². The second kappa shape index (κ2) is 8.02. The van der Waals surface area contributed by atoms with E-state index < -0.39 is 0 Å². The number of nitrogens with one attached hydrogen (secondary N) is 1. The van der Waals surface area contributed by atoms with Crippen molar-refractivity contribution in [1.82, 2.24) is 0 Å². The summed E-state index contributed by atoms with van der Waals surface area (Å²) in [5.41, 5.74) is 3.88. The van der Waals surface area contributed by atoms with Crippen LogP contribution in [0.15, 0.2) is 81.8 Å². The average Bonchev–Trinajstić information content (AvgIpc) is 3.35. The van der Waals surface area contributed by atoms with Gasteiger partial charge in [0.1, 0.15) is 11.2 Å². The number of amides is 1. The topological polar surface area (TPSA) is 72.5 Å². The number of carbonyl (C=O) groups excluding carboxylic acids is 2. The van der Waals surface area contributed by atoms with Gasteiger partial charge >= 0.3 is 0 Å². The summed E-state index contributed by atoms with van der Waals surface area (Å²) in [6, 6.07) is 19.6. The van der Waals surface area contributed by atoms with E-state index in [1.807, 2.05) is 43.3 Å². The molecule has 0 saturated heterocycles.